The maximum Gasteiger partial charge on any atom is -0.0147 e. The Bertz CT molecular complexity index is 417. The summed E-state index contributed by atoms with van der Waals surface area (Å²) in [7, 11) is 0. The number of hydrogen-bond donors (Lipinski definition) is 0. The zero-order valence-corrected chi connectivity index (χ0v) is 22.5. The minimum atomic E-state index is 0.954. The highest BCUT2D eigenvalue weighted by Crippen LogP contribution is 2.45. The van der Waals surface area contributed by atoms with Gasteiger partial charge in [0, 0.05) is 0 Å². The summed E-state index contributed by atoms with van der Waals surface area (Å²) in [5, 5.41) is 0. The summed E-state index contributed by atoms with van der Waals surface area (Å²) in [6, 6.07) is 0. The van der Waals surface area contributed by atoms with Gasteiger partial charge in [-0.25, -0.2) is 0 Å². The van der Waals surface area contributed by atoms with E-state index in [4.69, 9.17) is 0 Å². The number of rotatable bonds is 18. The first-order valence-electron chi connectivity index (χ1n) is 15.6. The lowest BCUT2D eigenvalue weighted by atomic mass is 9.66. The average Bonchev–Trinajstić information content (AvgIpc) is 2.84. The molecule has 2 rings (SSSR count). The van der Waals surface area contributed by atoms with E-state index < -0.39 is 0 Å². The molecule has 0 aliphatic heterocycles. The molecule has 0 heteroatoms. The van der Waals surface area contributed by atoms with Crippen molar-refractivity contribution >= 4 is 0 Å². The van der Waals surface area contributed by atoms with Gasteiger partial charge in [0.1, 0.15) is 0 Å². The molecule has 32 heavy (non-hydrogen) atoms. The van der Waals surface area contributed by atoms with Crippen LogP contribution in [-0.2, 0) is 0 Å². The lowest BCUT2D eigenvalue weighted by Gasteiger charge is -2.40. The molecule has 0 nitrogen and oxygen atoms in total. The summed E-state index contributed by atoms with van der Waals surface area (Å²) in [6.45, 7) is 4.70. The summed E-state index contributed by atoms with van der Waals surface area (Å²) in [5.41, 5.74) is 1.93. The summed E-state index contributed by atoms with van der Waals surface area (Å²) in [5.74, 6) is 2.99. The second kappa shape index (κ2) is 19.1. The van der Waals surface area contributed by atoms with Crippen LogP contribution in [0.5, 0.6) is 0 Å². The fourth-order valence-corrected chi connectivity index (χ4v) is 6.86. The number of allylic oxidation sites excluding steroid dienone is 2. The van der Waals surface area contributed by atoms with Crippen molar-refractivity contribution in [2.75, 3.05) is 0 Å². The first-order valence-corrected chi connectivity index (χ1v) is 15.6. The molecule has 0 N–H and O–H groups in total. The fraction of sp³-hybridized carbons (Fsp3) is 0.938. The van der Waals surface area contributed by atoms with Gasteiger partial charge < -0.3 is 0 Å². The third kappa shape index (κ3) is 11.7. The second-order valence-corrected chi connectivity index (χ2v) is 11.5. The third-order valence-corrected chi connectivity index (χ3v) is 8.78. The van der Waals surface area contributed by atoms with Crippen LogP contribution < -0.4 is 0 Å². The van der Waals surface area contributed by atoms with Crippen molar-refractivity contribution in [1.29, 1.82) is 0 Å². The second-order valence-electron chi connectivity index (χ2n) is 11.5. The van der Waals surface area contributed by atoms with Gasteiger partial charge in [-0.2, -0.15) is 0 Å². The molecule has 2 fully saturated rings. The van der Waals surface area contributed by atoms with Crippen LogP contribution in [0.3, 0.4) is 0 Å². The van der Waals surface area contributed by atoms with Gasteiger partial charge in [-0.3, -0.25) is 0 Å². The van der Waals surface area contributed by atoms with E-state index in [-0.39, 0.29) is 0 Å². The Morgan fingerprint density at radius 3 is 1.47 bits per heavy atom. The fourth-order valence-electron chi connectivity index (χ4n) is 6.86. The minimum absolute atomic E-state index is 0.954. The molecule has 0 saturated heterocycles. The molecule has 0 unspecified atom stereocenters. The molecular formula is C32H60. The maximum atomic E-state index is 2.79. The number of unbranched alkanes of at least 4 members (excludes halogenated alkanes) is 12. The van der Waals surface area contributed by atoms with Crippen molar-refractivity contribution in [2.24, 2.45) is 17.8 Å². The van der Waals surface area contributed by atoms with Crippen molar-refractivity contribution in [2.45, 2.75) is 174 Å². The van der Waals surface area contributed by atoms with Crippen LogP contribution in [0.4, 0.5) is 0 Å². The molecule has 188 valence electrons. The highest BCUT2D eigenvalue weighted by atomic mass is 14.4. The smallest absolute Gasteiger partial charge is 0.0147 e. The molecular weight excluding hydrogens is 384 g/mol. The van der Waals surface area contributed by atoms with E-state index in [1.165, 1.54) is 161 Å². The summed E-state index contributed by atoms with van der Waals surface area (Å²) >= 11 is 0. The largest absolute Gasteiger partial charge is 0.0850 e. The van der Waals surface area contributed by atoms with Gasteiger partial charge in [0.15, 0.2) is 0 Å². The van der Waals surface area contributed by atoms with Crippen LogP contribution in [0, 0.1) is 17.8 Å². The van der Waals surface area contributed by atoms with Gasteiger partial charge in [0.05, 0.1) is 0 Å². The molecule has 0 aromatic heterocycles. The van der Waals surface area contributed by atoms with Crippen LogP contribution in [0.15, 0.2) is 11.6 Å². The Morgan fingerprint density at radius 2 is 1.00 bits per heavy atom. The standard InChI is InChI=1S/C32H60/c1-3-5-7-8-9-10-11-12-13-14-15-18-24-29(23-6-4-2)32(30-25-19-16-20-26-30)31-27-21-17-22-28-31/h24,30-32H,3-23,25-28H2,1-2H3. The van der Waals surface area contributed by atoms with Crippen molar-refractivity contribution in [3.63, 3.8) is 0 Å². The number of hydrogen-bond acceptors (Lipinski definition) is 0. The van der Waals surface area contributed by atoms with Gasteiger partial charge in [-0.05, 0) is 69.1 Å². The zero-order valence-electron chi connectivity index (χ0n) is 22.5. The van der Waals surface area contributed by atoms with Crippen molar-refractivity contribution < 1.29 is 0 Å². The molecule has 0 heterocycles. The van der Waals surface area contributed by atoms with Crippen LogP contribution >= 0.6 is 0 Å². The predicted octanol–water partition coefficient (Wildman–Crippen LogP) is 11.6. The van der Waals surface area contributed by atoms with Gasteiger partial charge in [0.25, 0.3) is 0 Å². The summed E-state index contributed by atoms with van der Waals surface area (Å²) in [6.07, 6.45) is 39.5. The topological polar surface area (TPSA) is 0 Å². The summed E-state index contributed by atoms with van der Waals surface area (Å²) < 4.78 is 0. The Kier molecular flexibility index (Phi) is 16.7. The quantitative estimate of drug-likeness (QED) is 0.146. The van der Waals surface area contributed by atoms with E-state index in [2.05, 4.69) is 19.9 Å². The van der Waals surface area contributed by atoms with Crippen molar-refractivity contribution in [3.8, 4) is 0 Å². The van der Waals surface area contributed by atoms with Crippen LogP contribution in [0.2, 0.25) is 0 Å². The SMILES string of the molecule is CCCCCCCCCCCCCC=C(CCCC)C(C1CCCCC1)C1CCCCC1. The third-order valence-electron chi connectivity index (χ3n) is 8.78. The molecule has 0 atom stereocenters. The normalized spacial score (nSPS) is 19.2. The predicted molar refractivity (Wildman–Crippen MR) is 145 cm³/mol. The highest BCUT2D eigenvalue weighted by molar-refractivity contribution is 5.11. The van der Waals surface area contributed by atoms with Crippen LogP contribution in [0.1, 0.15) is 174 Å². The van der Waals surface area contributed by atoms with Crippen molar-refractivity contribution in [1.82, 2.24) is 0 Å². The van der Waals surface area contributed by atoms with E-state index in [9.17, 15) is 0 Å². The highest BCUT2D eigenvalue weighted by Gasteiger charge is 2.33. The molecule has 2 saturated carbocycles. The molecule has 0 radical (unpaired) electrons. The minimum Gasteiger partial charge on any atom is -0.0850 e. The van der Waals surface area contributed by atoms with Crippen molar-refractivity contribution in [3.05, 3.63) is 11.6 Å². The monoisotopic (exact) mass is 444 g/mol. The van der Waals surface area contributed by atoms with Gasteiger partial charge in [-0.15, -0.1) is 0 Å². The first-order chi connectivity index (χ1) is 15.9. The Balaban J connectivity index is 1.76. The molecule has 0 bridgehead atoms. The molecule has 0 aromatic rings. The Hall–Kier alpha value is -0.260. The summed E-state index contributed by atoms with van der Waals surface area (Å²) in [4.78, 5) is 0. The molecule has 0 spiro atoms. The van der Waals surface area contributed by atoms with E-state index in [1.807, 2.05) is 5.57 Å². The van der Waals surface area contributed by atoms with Crippen LogP contribution in [0.25, 0.3) is 0 Å². The molecule has 0 amide bonds. The maximum absolute atomic E-state index is 2.79. The van der Waals surface area contributed by atoms with E-state index in [0.717, 1.165) is 17.8 Å². The van der Waals surface area contributed by atoms with E-state index in [1.54, 1.807) is 0 Å². The lowest BCUT2D eigenvalue weighted by Crippen LogP contribution is -2.29. The average molecular weight is 445 g/mol. The van der Waals surface area contributed by atoms with Gasteiger partial charge in [-0.1, -0.05) is 135 Å². The van der Waals surface area contributed by atoms with Gasteiger partial charge in [0.2, 0.25) is 0 Å². The zero-order chi connectivity index (χ0) is 22.7. The van der Waals surface area contributed by atoms with E-state index >= 15 is 0 Å². The molecule has 0 aromatic carbocycles. The van der Waals surface area contributed by atoms with Gasteiger partial charge >= 0.3 is 0 Å². The Labute approximate surface area is 203 Å². The van der Waals surface area contributed by atoms with Crippen LogP contribution in [-0.4, -0.2) is 0 Å². The molecule has 2 aliphatic carbocycles. The first kappa shape index (κ1) is 28.0. The van der Waals surface area contributed by atoms with E-state index in [0.29, 0.717) is 0 Å². The Morgan fingerprint density at radius 1 is 0.562 bits per heavy atom. The molecule has 2 aliphatic rings. The lowest BCUT2D eigenvalue weighted by molar-refractivity contribution is 0.168.